The van der Waals surface area contributed by atoms with Crippen LogP contribution in [0.15, 0.2) is 39.8 Å². The lowest BCUT2D eigenvalue weighted by Crippen LogP contribution is -2.14. The fourth-order valence-corrected chi connectivity index (χ4v) is 2.43. The minimum Gasteiger partial charge on any atom is -0.398 e. The van der Waals surface area contributed by atoms with E-state index in [4.69, 9.17) is 10.3 Å². The molecule has 2 rings (SSSR count). The van der Waals surface area contributed by atoms with Gasteiger partial charge in [0.05, 0.1) is 11.4 Å². The Hall–Kier alpha value is -2.02. The largest absolute Gasteiger partial charge is 0.398 e. The van der Waals surface area contributed by atoms with Crippen molar-refractivity contribution in [3.05, 3.63) is 36.0 Å². The molecule has 7 heteroatoms. The van der Waals surface area contributed by atoms with Crippen LogP contribution in [0.25, 0.3) is 0 Å². The van der Waals surface area contributed by atoms with Crippen molar-refractivity contribution >= 4 is 21.6 Å². The van der Waals surface area contributed by atoms with Gasteiger partial charge in [-0.15, -0.1) is 0 Å². The van der Waals surface area contributed by atoms with Crippen molar-refractivity contribution in [3.63, 3.8) is 0 Å². The van der Waals surface area contributed by atoms with Crippen molar-refractivity contribution < 1.29 is 12.9 Å². The number of benzene rings is 1. The smallest absolute Gasteiger partial charge is 0.266 e. The first-order valence-corrected chi connectivity index (χ1v) is 6.28. The molecular formula is C10H11N3O3S. The third kappa shape index (κ3) is 2.39. The van der Waals surface area contributed by atoms with Crippen LogP contribution in [0.3, 0.4) is 0 Å². The van der Waals surface area contributed by atoms with Crippen LogP contribution in [0.5, 0.6) is 0 Å². The van der Waals surface area contributed by atoms with E-state index < -0.39 is 10.0 Å². The van der Waals surface area contributed by atoms with Gasteiger partial charge in [-0.1, -0.05) is 17.3 Å². The molecule has 0 bridgehead atoms. The Labute approximate surface area is 98.5 Å². The van der Waals surface area contributed by atoms with Crippen LogP contribution in [0.1, 0.15) is 5.69 Å². The Morgan fingerprint density at radius 3 is 2.65 bits per heavy atom. The average Bonchev–Trinajstić information content (AvgIpc) is 2.63. The number of aryl methyl sites for hydroxylation is 1. The molecule has 2 aromatic rings. The maximum atomic E-state index is 12.0. The summed E-state index contributed by atoms with van der Waals surface area (Å²) in [6.07, 6.45) is 0. The lowest BCUT2D eigenvalue weighted by molar-refractivity contribution is 0.430. The minimum atomic E-state index is -3.74. The summed E-state index contributed by atoms with van der Waals surface area (Å²) >= 11 is 0. The molecule has 0 amide bonds. The highest BCUT2D eigenvalue weighted by atomic mass is 32.2. The van der Waals surface area contributed by atoms with E-state index in [2.05, 4.69) is 9.88 Å². The number of hydrogen-bond donors (Lipinski definition) is 2. The standard InChI is InChI=1S/C10H11N3O3S/c1-7-6-10(16-12-7)13-17(14,15)9-5-3-2-4-8(9)11/h2-6,13H,11H2,1H3. The molecule has 1 heterocycles. The number of sulfonamides is 1. The van der Waals surface area contributed by atoms with Crippen molar-refractivity contribution in [2.45, 2.75) is 11.8 Å². The zero-order valence-corrected chi connectivity index (χ0v) is 9.86. The molecule has 3 N–H and O–H groups in total. The molecule has 0 aliphatic carbocycles. The SMILES string of the molecule is Cc1cc(NS(=O)(=O)c2ccccc2N)on1. The maximum absolute atomic E-state index is 12.0. The number of nitrogens with two attached hydrogens (primary N) is 1. The van der Waals surface area contributed by atoms with E-state index in [1.54, 1.807) is 19.1 Å². The predicted octanol–water partition coefficient (Wildman–Crippen LogP) is 1.37. The number of nitrogens with one attached hydrogen (secondary N) is 1. The number of para-hydroxylation sites is 1. The first-order valence-electron chi connectivity index (χ1n) is 4.80. The number of nitrogens with zero attached hydrogens (tertiary/aromatic N) is 1. The summed E-state index contributed by atoms with van der Waals surface area (Å²) in [7, 11) is -3.74. The van der Waals surface area contributed by atoms with E-state index in [-0.39, 0.29) is 16.5 Å². The van der Waals surface area contributed by atoms with Crippen LogP contribution in [0, 0.1) is 6.92 Å². The molecule has 0 saturated carbocycles. The Balaban J connectivity index is 2.35. The van der Waals surface area contributed by atoms with Gasteiger partial charge >= 0.3 is 0 Å². The first kappa shape index (κ1) is 11.5. The second-order valence-electron chi connectivity index (χ2n) is 3.48. The average molecular weight is 253 g/mol. The highest BCUT2D eigenvalue weighted by Gasteiger charge is 2.18. The van der Waals surface area contributed by atoms with Crippen molar-refractivity contribution in [3.8, 4) is 0 Å². The number of rotatable bonds is 3. The van der Waals surface area contributed by atoms with Gasteiger partial charge in [0.2, 0.25) is 5.88 Å². The lowest BCUT2D eigenvalue weighted by Gasteiger charge is -2.06. The number of anilines is 2. The highest BCUT2D eigenvalue weighted by molar-refractivity contribution is 7.92. The summed E-state index contributed by atoms with van der Waals surface area (Å²) in [5.41, 5.74) is 6.36. The maximum Gasteiger partial charge on any atom is 0.266 e. The van der Waals surface area contributed by atoms with Gasteiger partial charge in [-0.2, -0.15) is 0 Å². The Bertz CT molecular complexity index is 634. The van der Waals surface area contributed by atoms with Gasteiger partial charge in [-0.25, -0.2) is 13.1 Å². The molecular weight excluding hydrogens is 242 g/mol. The van der Waals surface area contributed by atoms with Gasteiger partial charge in [0.1, 0.15) is 4.90 Å². The molecule has 0 saturated heterocycles. The molecule has 0 unspecified atom stereocenters. The van der Waals surface area contributed by atoms with Crippen molar-refractivity contribution in [1.29, 1.82) is 0 Å². The molecule has 0 aliphatic heterocycles. The minimum absolute atomic E-state index is 0.00838. The van der Waals surface area contributed by atoms with E-state index in [1.165, 1.54) is 18.2 Å². The number of hydrogen-bond acceptors (Lipinski definition) is 5. The predicted molar refractivity (Wildman–Crippen MR) is 62.9 cm³/mol. The fourth-order valence-electron chi connectivity index (χ4n) is 1.32. The van der Waals surface area contributed by atoms with Crippen LogP contribution in [-0.4, -0.2) is 13.6 Å². The molecule has 90 valence electrons. The number of nitrogen functional groups attached to an aromatic ring is 1. The van der Waals surface area contributed by atoms with Crippen LogP contribution in [0.2, 0.25) is 0 Å². The summed E-state index contributed by atoms with van der Waals surface area (Å²) in [6.45, 7) is 1.69. The molecule has 0 fully saturated rings. The molecule has 0 aliphatic rings. The quantitative estimate of drug-likeness (QED) is 0.805. The normalized spacial score (nSPS) is 11.4. The van der Waals surface area contributed by atoms with Crippen molar-refractivity contribution in [1.82, 2.24) is 5.16 Å². The van der Waals surface area contributed by atoms with E-state index >= 15 is 0 Å². The van der Waals surface area contributed by atoms with E-state index in [0.29, 0.717) is 5.69 Å². The topological polar surface area (TPSA) is 98.2 Å². The van der Waals surface area contributed by atoms with Crippen molar-refractivity contribution in [2.75, 3.05) is 10.5 Å². The zero-order chi connectivity index (χ0) is 12.5. The summed E-state index contributed by atoms with van der Waals surface area (Å²) in [4.78, 5) is 0.00838. The lowest BCUT2D eigenvalue weighted by atomic mass is 10.3. The molecule has 17 heavy (non-hydrogen) atoms. The van der Waals surface area contributed by atoms with Crippen LogP contribution in [0.4, 0.5) is 11.6 Å². The molecule has 1 aromatic carbocycles. The van der Waals surface area contributed by atoms with E-state index in [0.717, 1.165) is 0 Å². The summed E-state index contributed by atoms with van der Waals surface area (Å²) in [5.74, 6) is 0.0609. The number of aromatic nitrogens is 1. The monoisotopic (exact) mass is 253 g/mol. The summed E-state index contributed by atoms with van der Waals surface area (Å²) in [5, 5.41) is 3.58. The Morgan fingerprint density at radius 2 is 2.06 bits per heavy atom. The molecule has 0 radical (unpaired) electrons. The van der Waals surface area contributed by atoms with Gasteiger partial charge in [0, 0.05) is 6.07 Å². The molecule has 0 atom stereocenters. The molecule has 1 aromatic heterocycles. The third-order valence-corrected chi connectivity index (χ3v) is 3.49. The Morgan fingerprint density at radius 1 is 1.35 bits per heavy atom. The summed E-state index contributed by atoms with van der Waals surface area (Å²) < 4.78 is 30.9. The van der Waals surface area contributed by atoms with Gasteiger partial charge in [-0.05, 0) is 19.1 Å². The highest BCUT2D eigenvalue weighted by Crippen LogP contribution is 2.21. The third-order valence-electron chi connectivity index (χ3n) is 2.07. The summed E-state index contributed by atoms with van der Waals surface area (Å²) in [6, 6.07) is 7.67. The molecule has 0 spiro atoms. The van der Waals surface area contributed by atoms with E-state index in [1.807, 2.05) is 0 Å². The molecule has 6 nitrogen and oxygen atoms in total. The zero-order valence-electron chi connectivity index (χ0n) is 9.04. The van der Waals surface area contributed by atoms with Crippen LogP contribution in [-0.2, 0) is 10.0 Å². The van der Waals surface area contributed by atoms with E-state index in [9.17, 15) is 8.42 Å². The fraction of sp³-hybridized carbons (Fsp3) is 0.100. The second kappa shape index (κ2) is 4.10. The van der Waals surface area contributed by atoms with Gasteiger partial charge in [0.25, 0.3) is 10.0 Å². The van der Waals surface area contributed by atoms with Crippen LogP contribution >= 0.6 is 0 Å². The Kier molecular flexibility index (Phi) is 2.76. The van der Waals surface area contributed by atoms with Crippen LogP contribution < -0.4 is 10.5 Å². The van der Waals surface area contributed by atoms with Gasteiger partial charge in [-0.3, -0.25) is 0 Å². The second-order valence-corrected chi connectivity index (χ2v) is 5.13. The first-order chi connectivity index (χ1) is 7.99. The van der Waals surface area contributed by atoms with Crippen molar-refractivity contribution in [2.24, 2.45) is 0 Å². The van der Waals surface area contributed by atoms with Gasteiger partial charge in [0.15, 0.2) is 0 Å². The van der Waals surface area contributed by atoms with Gasteiger partial charge < -0.3 is 10.3 Å².